The molecule has 8 heteroatoms. The van der Waals surface area contributed by atoms with Crippen molar-refractivity contribution in [3.8, 4) is 11.5 Å². The van der Waals surface area contributed by atoms with Crippen molar-refractivity contribution >= 4 is 34.4 Å². The molecule has 234 valence electrons. The first-order chi connectivity index (χ1) is 20.8. The smallest absolute Gasteiger partial charge is 0.168 e. The third kappa shape index (κ3) is 7.84. The Balaban J connectivity index is 1.65. The van der Waals surface area contributed by atoms with Gasteiger partial charge in [-0.05, 0) is 60.8 Å². The fourth-order valence-electron chi connectivity index (χ4n) is 6.02. The van der Waals surface area contributed by atoms with Crippen molar-refractivity contribution < 1.29 is 29.3 Å². The number of methoxy groups -OCH3 is 2. The Hall–Kier alpha value is -4.20. The first kappa shape index (κ1) is 32.7. The average molecular weight is 601 g/mol. The average Bonchev–Trinajstić information content (AvgIpc) is 2.93. The van der Waals surface area contributed by atoms with Crippen LogP contribution in [0.15, 0.2) is 81.2 Å². The van der Waals surface area contributed by atoms with Gasteiger partial charge in [-0.1, -0.05) is 52.0 Å². The first-order valence-electron chi connectivity index (χ1n) is 15.2. The number of unbranched alkanes of at least 4 members (excludes halogenated alkanes) is 1. The minimum Gasteiger partial charge on any atom is -0.511 e. The molecule has 2 N–H and O–H groups in total. The molecule has 2 aliphatic carbocycles. The molecule has 0 amide bonds. The van der Waals surface area contributed by atoms with Gasteiger partial charge in [0.1, 0.15) is 34.4 Å². The number of aliphatic hydroxyl groups is 2. The fraction of sp³-hybridized carbons (Fsp3) is 0.444. The number of aliphatic hydroxyl groups excluding tert-OH is 2. The Labute approximate surface area is 260 Å². The van der Waals surface area contributed by atoms with E-state index in [1.54, 1.807) is 26.4 Å². The third-order valence-electron chi connectivity index (χ3n) is 8.04. The number of aliphatic imine (C=N–C) groups is 2. The first-order valence-corrected chi connectivity index (χ1v) is 15.2. The third-order valence-corrected chi connectivity index (χ3v) is 8.04. The van der Waals surface area contributed by atoms with Crippen LogP contribution < -0.4 is 9.47 Å². The van der Waals surface area contributed by atoms with E-state index in [0.717, 1.165) is 0 Å². The van der Waals surface area contributed by atoms with Crippen LogP contribution in [0.4, 0.5) is 11.4 Å². The van der Waals surface area contributed by atoms with Gasteiger partial charge >= 0.3 is 0 Å². The molecular weight excluding hydrogens is 556 g/mol. The standard InChI is InChI=1S/C36H44N2O6/c1-35(2)19-27(39)33(28(40)20-35)25(37-23-13-9-11-17-31(23)43-5)15-7-8-16-26(38-24-14-10-12-18-32(24)44-6)34-29(41)21-36(3,4)22-30(34)42/h9-14,17-18,39,41H,7-8,15-16,19-22H2,1-6H3. The Morgan fingerprint density at radius 2 is 1.02 bits per heavy atom. The quantitative estimate of drug-likeness (QED) is 0.197. The number of allylic oxidation sites excluding steroid dienone is 4. The van der Waals surface area contributed by atoms with Crippen LogP contribution in [0.2, 0.25) is 0 Å². The van der Waals surface area contributed by atoms with E-state index in [2.05, 4.69) is 0 Å². The number of hydrogen-bond acceptors (Lipinski definition) is 8. The lowest BCUT2D eigenvalue weighted by molar-refractivity contribution is -0.118. The minimum absolute atomic E-state index is 0.0591. The number of ether oxygens (including phenoxy) is 2. The molecule has 0 saturated carbocycles. The summed E-state index contributed by atoms with van der Waals surface area (Å²) in [6.45, 7) is 7.87. The number of Topliss-reactive ketones (excluding diaryl/α,β-unsaturated/α-hetero) is 2. The number of rotatable bonds is 11. The van der Waals surface area contributed by atoms with Crippen molar-refractivity contribution in [2.75, 3.05) is 14.2 Å². The molecule has 0 atom stereocenters. The summed E-state index contributed by atoms with van der Waals surface area (Å²) in [5.41, 5.74) is 2.06. The molecule has 0 aromatic heterocycles. The second kappa shape index (κ2) is 13.6. The maximum atomic E-state index is 13.3. The minimum atomic E-state index is -0.332. The zero-order valence-electron chi connectivity index (χ0n) is 26.7. The van der Waals surface area contributed by atoms with Crippen LogP contribution in [0.25, 0.3) is 0 Å². The molecule has 0 aliphatic heterocycles. The van der Waals surface area contributed by atoms with E-state index in [9.17, 15) is 19.8 Å². The predicted octanol–water partition coefficient (Wildman–Crippen LogP) is 8.51. The van der Waals surface area contributed by atoms with E-state index in [-0.39, 0.29) is 45.1 Å². The summed E-state index contributed by atoms with van der Waals surface area (Å²) in [7, 11) is 3.14. The van der Waals surface area contributed by atoms with E-state index in [4.69, 9.17) is 19.5 Å². The van der Waals surface area contributed by atoms with E-state index in [1.165, 1.54) is 0 Å². The predicted molar refractivity (Wildman–Crippen MR) is 174 cm³/mol. The van der Waals surface area contributed by atoms with Crippen LogP contribution in [0.1, 0.15) is 79.1 Å². The lowest BCUT2D eigenvalue weighted by Crippen LogP contribution is -2.29. The van der Waals surface area contributed by atoms with Crippen LogP contribution in [0.3, 0.4) is 0 Å². The van der Waals surface area contributed by atoms with Gasteiger partial charge in [-0.2, -0.15) is 0 Å². The van der Waals surface area contributed by atoms with Gasteiger partial charge in [-0.3, -0.25) is 9.59 Å². The second-order valence-corrected chi connectivity index (χ2v) is 13.2. The number of para-hydroxylation sites is 4. The highest BCUT2D eigenvalue weighted by Gasteiger charge is 2.36. The molecule has 4 rings (SSSR count). The Morgan fingerprint density at radius 1 is 0.659 bits per heavy atom. The monoisotopic (exact) mass is 600 g/mol. The van der Waals surface area contributed by atoms with Crippen LogP contribution in [-0.2, 0) is 9.59 Å². The molecular formula is C36H44N2O6. The Morgan fingerprint density at radius 3 is 1.36 bits per heavy atom. The van der Waals surface area contributed by atoms with Crippen molar-refractivity contribution in [3.63, 3.8) is 0 Å². The highest BCUT2D eigenvalue weighted by Crippen LogP contribution is 2.39. The van der Waals surface area contributed by atoms with Crippen LogP contribution >= 0.6 is 0 Å². The lowest BCUT2D eigenvalue weighted by Gasteiger charge is -2.30. The van der Waals surface area contributed by atoms with Gasteiger partial charge in [-0.15, -0.1) is 0 Å². The molecule has 0 fully saturated rings. The van der Waals surface area contributed by atoms with Gasteiger partial charge in [0.05, 0.1) is 36.8 Å². The van der Waals surface area contributed by atoms with Gasteiger partial charge < -0.3 is 19.7 Å². The molecule has 0 spiro atoms. The van der Waals surface area contributed by atoms with Gasteiger partial charge in [0, 0.05) is 25.7 Å². The van der Waals surface area contributed by atoms with Crippen molar-refractivity contribution in [2.24, 2.45) is 20.8 Å². The highest BCUT2D eigenvalue weighted by molar-refractivity contribution is 6.24. The number of ketones is 2. The highest BCUT2D eigenvalue weighted by atomic mass is 16.5. The molecule has 8 nitrogen and oxygen atoms in total. The molecule has 0 saturated heterocycles. The van der Waals surface area contributed by atoms with Gasteiger partial charge in [0.15, 0.2) is 11.6 Å². The van der Waals surface area contributed by atoms with Crippen LogP contribution in [0.5, 0.6) is 11.5 Å². The van der Waals surface area contributed by atoms with E-state index in [1.807, 2.05) is 64.1 Å². The summed E-state index contributed by atoms with van der Waals surface area (Å²) < 4.78 is 11.0. The second-order valence-electron chi connectivity index (χ2n) is 13.2. The molecule has 0 heterocycles. The Kier molecular flexibility index (Phi) is 10.1. The van der Waals surface area contributed by atoms with Gasteiger partial charge in [0.25, 0.3) is 0 Å². The number of benzene rings is 2. The zero-order valence-corrected chi connectivity index (χ0v) is 26.7. The number of nitrogens with zero attached hydrogens (tertiary/aromatic N) is 2. The fourth-order valence-corrected chi connectivity index (χ4v) is 6.02. The van der Waals surface area contributed by atoms with Gasteiger partial charge in [0.2, 0.25) is 0 Å². The van der Waals surface area contributed by atoms with Crippen LogP contribution in [0, 0.1) is 10.8 Å². The SMILES string of the molecule is COc1ccccc1N=C(CCCCC(=Nc1ccccc1OC)C1=C(O)CC(C)(C)CC1=O)C1=C(O)CC(C)(C)CC1=O. The van der Waals surface area contributed by atoms with E-state index >= 15 is 0 Å². The maximum absolute atomic E-state index is 13.3. The van der Waals surface area contributed by atoms with Crippen molar-refractivity contribution in [3.05, 3.63) is 71.2 Å². The summed E-state index contributed by atoms with van der Waals surface area (Å²) in [5.74, 6) is 1.00. The van der Waals surface area contributed by atoms with Crippen molar-refractivity contribution in [1.82, 2.24) is 0 Å². The number of carbonyl (C=O) groups excluding carboxylic acids is 2. The van der Waals surface area contributed by atoms with Gasteiger partial charge in [-0.25, -0.2) is 9.98 Å². The molecule has 2 aromatic rings. The van der Waals surface area contributed by atoms with E-state index in [0.29, 0.717) is 85.7 Å². The largest absolute Gasteiger partial charge is 0.511 e. The lowest BCUT2D eigenvalue weighted by atomic mass is 9.75. The topological polar surface area (TPSA) is 118 Å². The summed E-state index contributed by atoms with van der Waals surface area (Å²) in [5, 5.41) is 22.0. The summed E-state index contributed by atoms with van der Waals surface area (Å²) >= 11 is 0. The molecule has 2 aromatic carbocycles. The van der Waals surface area contributed by atoms with E-state index < -0.39 is 0 Å². The molecule has 2 aliphatic rings. The summed E-state index contributed by atoms with van der Waals surface area (Å²) in [4.78, 5) is 36.3. The Bertz CT molecular complexity index is 1430. The summed E-state index contributed by atoms with van der Waals surface area (Å²) in [6, 6.07) is 14.6. The molecule has 0 bridgehead atoms. The van der Waals surface area contributed by atoms with Crippen molar-refractivity contribution in [1.29, 1.82) is 0 Å². The zero-order chi connectivity index (χ0) is 32.1. The molecule has 0 radical (unpaired) electrons. The normalized spacial score (nSPS) is 19.0. The molecule has 0 unspecified atom stereocenters. The molecule has 44 heavy (non-hydrogen) atoms. The van der Waals surface area contributed by atoms with Crippen molar-refractivity contribution in [2.45, 2.75) is 79.1 Å². The number of carbonyl (C=O) groups is 2. The number of hydrogen-bond donors (Lipinski definition) is 2. The summed E-state index contributed by atoms with van der Waals surface area (Å²) in [6.07, 6.45) is 3.44. The maximum Gasteiger partial charge on any atom is 0.168 e. The van der Waals surface area contributed by atoms with Crippen LogP contribution in [-0.4, -0.2) is 47.4 Å².